The second-order valence-corrected chi connectivity index (χ2v) is 6.66. The maximum atomic E-state index is 11.9. The molecule has 0 heterocycles. The number of carbonyl (C=O) groups excluding carboxylic acids is 3. The molecule has 0 aromatic carbocycles. The first-order chi connectivity index (χ1) is 11.0. The second-order valence-electron chi connectivity index (χ2n) is 6.66. The predicted octanol–water partition coefficient (Wildman–Crippen LogP) is 1.81. The Hall–Kier alpha value is -1.59. The largest absolute Gasteiger partial charge is 0.466 e. The number of rotatable bonds is 8. The normalized spacial score (nSPS) is 26.6. The number of fused-ring (bicyclic) bond motifs is 2. The van der Waals surface area contributed by atoms with Crippen LogP contribution in [-0.4, -0.2) is 37.1 Å². The average molecular weight is 325 g/mol. The molecule has 0 radical (unpaired) electrons. The fraction of sp³-hybridized carbons (Fsp3) is 0.824. The molecule has 0 aliphatic heterocycles. The topological polar surface area (TPSA) is 81.7 Å². The Bertz CT molecular complexity index is 450. The van der Waals surface area contributed by atoms with Crippen molar-refractivity contribution < 1.29 is 23.9 Å². The molecule has 2 saturated carbocycles. The Balaban J connectivity index is 1.61. The highest BCUT2D eigenvalue weighted by Crippen LogP contribution is 2.49. The van der Waals surface area contributed by atoms with Crippen molar-refractivity contribution in [1.82, 2.24) is 5.32 Å². The molecule has 2 bridgehead atoms. The van der Waals surface area contributed by atoms with E-state index in [1.54, 1.807) is 6.92 Å². The van der Waals surface area contributed by atoms with Crippen LogP contribution in [0.2, 0.25) is 0 Å². The van der Waals surface area contributed by atoms with E-state index in [1.807, 2.05) is 6.92 Å². The Labute approximate surface area is 137 Å². The molecule has 0 saturated heterocycles. The molecule has 0 unspecified atom stereocenters. The van der Waals surface area contributed by atoms with Crippen LogP contribution < -0.4 is 5.32 Å². The first-order valence-corrected chi connectivity index (χ1v) is 8.60. The van der Waals surface area contributed by atoms with E-state index in [0.717, 1.165) is 11.8 Å². The van der Waals surface area contributed by atoms with E-state index in [9.17, 15) is 14.4 Å². The zero-order valence-electron chi connectivity index (χ0n) is 14.0. The highest BCUT2D eigenvalue weighted by Gasteiger charge is 2.42. The van der Waals surface area contributed by atoms with Gasteiger partial charge in [0.15, 0.2) is 6.61 Å². The maximum Gasteiger partial charge on any atom is 0.306 e. The van der Waals surface area contributed by atoms with Crippen LogP contribution in [0.5, 0.6) is 0 Å². The summed E-state index contributed by atoms with van der Waals surface area (Å²) in [4.78, 5) is 34.5. The summed E-state index contributed by atoms with van der Waals surface area (Å²) in [5.41, 5.74) is 0. The van der Waals surface area contributed by atoms with E-state index < -0.39 is 11.9 Å². The molecule has 1 amide bonds. The third kappa shape index (κ3) is 5.22. The zero-order chi connectivity index (χ0) is 16.8. The van der Waals surface area contributed by atoms with Crippen LogP contribution in [0.1, 0.15) is 52.4 Å². The van der Waals surface area contributed by atoms with Gasteiger partial charge < -0.3 is 14.8 Å². The van der Waals surface area contributed by atoms with Crippen molar-refractivity contribution in [3.63, 3.8) is 0 Å². The van der Waals surface area contributed by atoms with Crippen LogP contribution in [0.15, 0.2) is 0 Å². The lowest BCUT2D eigenvalue weighted by Crippen LogP contribution is -2.42. The van der Waals surface area contributed by atoms with Gasteiger partial charge in [-0.3, -0.25) is 14.4 Å². The number of esters is 2. The summed E-state index contributed by atoms with van der Waals surface area (Å²) in [6.07, 6.45) is 5.03. The Morgan fingerprint density at radius 2 is 1.78 bits per heavy atom. The lowest BCUT2D eigenvalue weighted by Gasteiger charge is -2.28. The molecule has 2 fully saturated rings. The summed E-state index contributed by atoms with van der Waals surface area (Å²) < 4.78 is 9.62. The van der Waals surface area contributed by atoms with Crippen molar-refractivity contribution in [1.29, 1.82) is 0 Å². The molecule has 2 aliphatic rings. The van der Waals surface area contributed by atoms with Gasteiger partial charge >= 0.3 is 11.9 Å². The van der Waals surface area contributed by atoms with Gasteiger partial charge in [0.2, 0.25) is 0 Å². The van der Waals surface area contributed by atoms with E-state index in [0.29, 0.717) is 5.92 Å². The first-order valence-electron chi connectivity index (χ1n) is 8.60. The van der Waals surface area contributed by atoms with Crippen LogP contribution in [-0.2, 0) is 23.9 Å². The first kappa shape index (κ1) is 17.8. The van der Waals surface area contributed by atoms with Crippen LogP contribution >= 0.6 is 0 Å². The van der Waals surface area contributed by atoms with Crippen molar-refractivity contribution in [2.75, 3.05) is 13.2 Å². The van der Waals surface area contributed by atoms with Crippen LogP contribution in [0.3, 0.4) is 0 Å². The summed E-state index contributed by atoms with van der Waals surface area (Å²) in [6, 6.07) is 0.121. The van der Waals surface area contributed by atoms with Crippen molar-refractivity contribution in [3.05, 3.63) is 0 Å². The quantitative estimate of drug-likeness (QED) is 0.688. The van der Waals surface area contributed by atoms with Crippen LogP contribution in [0, 0.1) is 17.8 Å². The van der Waals surface area contributed by atoms with Gasteiger partial charge in [0.1, 0.15) is 0 Å². The predicted molar refractivity (Wildman–Crippen MR) is 83.4 cm³/mol. The van der Waals surface area contributed by atoms with Crippen molar-refractivity contribution in [3.8, 4) is 0 Å². The number of carbonyl (C=O) groups is 3. The SMILES string of the molecule is CCOC(=O)CCC(=O)OCC(=O)N[C@@H](C)[C@@H]1C[C@H]2CC[C@H]1C2. The van der Waals surface area contributed by atoms with Gasteiger partial charge in [-0.1, -0.05) is 6.42 Å². The van der Waals surface area contributed by atoms with Crippen molar-refractivity contribution in [2.45, 2.75) is 58.4 Å². The van der Waals surface area contributed by atoms with Gasteiger partial charge in [-0.25, -0.2) is 0 Å². The molecule has 6 nitrogen and oxygen atoms in total. The summed E-state index contributed by atoms with van der Waals surface area (Å²) >= 11 is 0. The number of hydrogen-bond donors (Lipinski definition) is 1. The third-order valence-electron chi connectivity index (χ3n) is 5.03. The van der Waals surface area contributed by atoms with E-state index in [4.69, 9.17) is 9.47 Å². The van der Waals surface area contributed by atoms with E-state index >= 15 is 0 Å². The lowest BCUT2D eigenvalue weighted by atomic mass is 9.84. The monoisotopic (exact) mass is 325 g/mol. The molecule has 0 aromatic heterocycles. The minimum Gasteiger partial charge on any atom is -0.466 e. The molecular weight excluding hydrogens is 298 g/mol. The number of nitrogens with one attached hydrogen (secondary N) is 1. The Morgan fingerprint density at radius 1 is 1.09 bits per heavy atom. The van der Waals surface area contributed by atoms with E-state index in [-0.39, 0.29) is 38.0 Å². The molecule has 2 rings (SSSR count). The number of amides is 1. The Morgan fingerprint density at radius 3 is 2.35 bits per heavy atom. The Kier molecular flexibility index (Phi) is 6.42. The van der Waals surface area contributed by atoms with Gasteiger partial charge in [-0.15, -0.1) is 0 Å². The van der Waals surface area contributed by atoms with E-state index in [1.165, 1.54) is 25.7 Å². The van der Waals surface area contributed by atoms with E-state index in [2.05, 4.69) is 5.32 Å². The smallest absolute Gasteiger partial charge is 0.306 e. The fourth-order valence-corrected chi connectivity index (χ4v) is 3.96. The molecule has 4 atom stereocenters. The molecule has 0 aromatic rings. The fourth-order valence-electron chi connectivity index (χ4n) is 3.96. The van der Waals surface area contributed by atoms with Gasteiger partial charge in [-0.05, 0) is 50.9 Å². The van der Waals surface area contributed by atoms with Gasteiger partial charge in [0, 0.05) is 6.04 Å². The minimum atomic E-state index is -0.555. The third-order valence-corrected chi connectivity index (χ3v) is 5.03. The maximum absolute atomic E-state index is 11.9. The molecule has 23 heavy (non-hydrogen) atoms. The average Bonchev–Trinajstić information content (AvgIpc) is 3.14. The second kappa shape index (κ2) is 8.31. The van der Waals surface area contributed by atoms with Crippen LogP contribution in [0.25, 0.3) is 0 Å². The van der Waals surface area contributed by atoms with Gasteiger partial charge in [0.25, 0.3) is 5.91 Å². The molecule has 1 N–H and O–H groups in total. The number of hydrogen-bond acceptors (Lipinski definition) is 5. The molecule has 130 valence electrons. The highest BCUT2D eigenvalue weighted by molar-refractivity contribution is 5.82. The minimum absolute atomic E-state index is 0.0180. The van der Waals surface area contributed by atoms with Crippen LogP contribution in [0.4, 0.5) is 0 Å². The standard InChI is InChI=1S/C17H27NO5/c1-3-22-16(20)6-7-17(21)23-10-15(19)18-11(2)14-9-12-4-5-13(14)8-12/h11-14H,3-10H2,1-2H3,(H,18,19)/t11-,12-,13-,14-/m0/s1. The molecule has 6 heteroatoms. The highest BCUT2D eigenvalue weighted by atomic mass is 16.5. The molecular formula is C17H27NO5. The molecule has 2 aliphatic carbocycles. The number of ether oxygens (including phenoxy) is 2. The van der Waals surface area contributed by atoms with Crippen molar-refractivity contribution in [2.24, 2.45) is 17.8 Å². The summed E-state index contributed by atoms with van der Waals surface area (Å²) in [7, 11) is 0. The molecule has 0 spiro atoms. The summed E-state index contributed by atoms with van der Waals surface area (Å²) in [5, 5.41) is 2.94. The zero-order valence-corrected chi connectivity index (χ0v) is 14.0. The summed E-state index contributed by atoms with van der Waals surface area (Å²) in [6.45, 7) is 3.74. The van der Waals surface area contributed by atoms with Gasteiger partial charge in [-0.2, -0.15) is 0 Å². The lowest BCUT2D eigenvalue weighted by molar-refractivity contribution is -0.152. The van der Waals surface area contributed by atoms with Crippen molar-refractivity contribution >= 4 is 17.8 Å². The summed E-state index contributed by atoms with van der Waals surface area (Å²) in [5.74, 6) is 0.869. The van der Waals surface area contributed by atoms with Gasteiger partial charge in [0.05, 0.1) is 19.4 Å².